The van der Waals surface area contributed by atoms with Crippen molar-refractivity contribution in [1.82, 2.24) is 0 Å². The van der Waals surface area contributed by atoms with Crippen molar-refractivity contribution in [2.75, 3.05) is 0 Å². The highest BCUT2D eigenvalue weighted by Crippen LogP contribution is 2.11. The Morgan fingerprint density at radius 1 is 1.30 bits per heavy atom. The zero-order chi connectivity index (χ0) is 7.40. The van der Waals surface area contributed by atoms with Crippen LogP contribution in [0.25, 0.3) is 5.76 Å². The van der Waals surface area contributed by atoms with E-state index in [9.17, 15) is 0 Å². The van der Waals surface area contributed by atoms with Gasteiger partial charge in [-0.05, 0) is 5.82 Å². The average molecular weight is 152 g/mol. The Hall–Kier alpha value is -0.810. The molecule has 52 valence electrons. The van der Waals surface area contributed by atoms with Crippen molar-refractivity contribution in [3.63, 3.8) is 0 Å². The second kappa shape index (κ2) is 3.38. The van der Waals surface area contributed by atoms with Gasteiger partial charge in [-0.25, -0.2) is 0 Å². The van der Waals surface area contributed by atoms with Gasteiger partial charge in [-0.15, -0.1) is 9.24 Å². The fourth-order valence-corrected chi connectivity index (χ4v) is 0.898. The van der Waals surface area contributed by atoms with Gasteiger partial charge < -0.3 is 5.11 Å². The second-order valence-corrected chi connectivity index (χ2v) is 2.25. The lowest BCUT2D eigenvalue weighted by atomic mass is 10.2. The van der Waals surface area contributed by atoms with Crippen molar-refractivity contribution >= 4 is 15.0 Å². The molecule has 1 nitrogen and oxygen atoms in total. The maximum Gasteiger partial charge on any atom is 0.122 e. The Kier molecular flexibility index (Phi) is 2.47. The third-order valence-corrected chi connectivity index (χ3v) is 1.54. The lowest BCUT2D eigenvalue weighted by molar-refractivity contribution is 0.513. The van der Waals surface area contributed by atoms with Crippen LogP contribution in [-0.2, 0) is 0 Å². The van der Waals surface area contributed by atoms with Gasteiger partial charge in [0.05, 0.1) is 0 Å². The lowest BCUT2D eigenvalue weighted by Crippen LogP contribution is -1.77. The monoisotopic (exact) mass is 152 g/mol. The Bertz CT molecular complexity index is 228. The van der Waals surface area contributed by atoms with Crippen LogP contribution in [0.15, 0.2) is 36.1 Å². The molecule has 1 N–H and O–H groups in total. The van der Waals surface area contributed by atoms with Gasteiger partial charge in [0.1, 0.15) is 5.76 Å². The standard InChI is InChI=1S/C8H9OP/c9-8(6-10)7-4-2-1-3-5-7/h1-6,9H,10H2. The summed E-state index contributed by atoms with van der Waals surface area (Å²) in [4.78, 5) is 0. The largest absolute Gasteiger partial charge is 0.507 e. The van der Waals surface area contributed by atoms with Gasteiger partial charge >= 0.3 is 0 Å². The highest BCUT2D eigenvalue weighted by atomic mass is 31.0. The summed E-state index contributed by atoms with van der Waals surface area (Å²) in [5.41, 5.74) is 0.845. The molecule has 0 amide bonds. The quantitative estimate of drug-likeness (QED) is 0.484. The molecule has 1 aromatic rings. The van der Waals surface area contributed by atoms with Crippen LogP contribution in [0, 0.1) is 0 Å². The van der Waals surface area contributed by atoms with Crippen molar-refractivity contribution in [3.05, 3.63) is 41.7 Å². The molecule has 2 heteroatoms. The van der Waals surface area contributed by atoms with E-state index in [1.165, 1.54) is 0 Å². The minimum atomic E-state index is 0.297. The first-order valence-corrected chi connectivity index (χ1v) is 3.67. The molecule has 10 heavy (non-hydrogen) atoms. The summed E-state index contributed by atoms with van der Waals surface area (Å²) in [5, 5.41) is 9.17. The number of benzene rings is 1. The number of aliphatic hydroxyl groups excluding tert-OH is 1. The van der Waals surface area contributed by atoms with E-state index in [0.29, 0.717) is 5.76 Å². The van der Waals surface area contributed by atoms with Gasteiger partial charge in [-0.3, -0.25) is 0 Å². The van der Waals surface area contributed by atoms with E-state index >= 15 is 0 Å². The van der Waals surface area contributed by atoms with Gasteiger partial charge in [-0.2, -0.15) is 0 Å². The first-order chi connectivity index (χ1) is 4.84. The molecule has 0 aromatic heterocycles. The first-order valence-electron chi connectivity index (χ1n) is 3.01. The molecule has 0 radical (unpaired) electrons. The maximum atomic E-state index is 9.17. The molecular weight excluding hydrogens is 143 g/mol. The van der Waals surface area contributed by atoms with Gasteiger partial charge in [0.2, 0.25) is 0 Å². The van der Waals surface area contributed by atoms with E-state index in [4.69, 9.17) is 5.11 Å². The molecule has 0 aliphatic rings. The van der Waals surface area contributed by atoms with E-state index in [1.54, 1.807) is 5.82 Å². The topological polar surface area (TPSA) is 20.2 Å². The SMILES string of the molecule is OC(=CP)c1ccccc1. The highest BCUT2D eigenvalue weighted by molar-refractivity contribution is 7.21. The molecular formula is C8H9OP. The van der Waals surface area contributed by atoms with Crippen molar-refractivity contribution in [1.29, 1.82) is 0 Å². The summed E-state index contributed by atoms with van der Waals surface area (Å²) >= 11 is 0. The third-order valence-electron chi connectivity index (χ3n) is 1.23. The fourth-order valence-electron chi connectivity index (χ4n) is 0.705. The minimum Gasteiger partial charge on any atom is -0.507 e. The van der Waals surface area contributed by atoms with E-state index in [2.05, 4.69) is 9.24 Å². The summed E-state index contributed by atoms with van der Waals surface area (Å²) in [6, 6.07) is 9.41. The van der Waals surface area contributed by atoms with Crippen LogP contribution < -0.4 is 0 Å². The van der Waals surface area contributed by atoms with Crippen LogP contribution in [0.1, 0.15) is 5.56 Å². The molecule has 0 aliphatic heterocycles. The Labute approximate surface area is 62.6 Å². The predicted octanol–water partition coefficient (Wildman–Crippen LogP) is 2.42. The number of hydrogen-bond donors (Lipinski definition) is 1. The minimum absolute atomic E-state index is 0.297. The average Bonchev–Trinajstić information content (AvgIpc) is 2.05. The molecule has 1 rings (SSSR count). The molecule has 1 aromatic carbocycles. The van der Waals surface area contributed by atoms with Crippen LogP contribution >= 0.6 is 9.24 Å². The summed E-state index contributed by atoms with van der Waals surface area (Å²) in [5.74, 6) is 1.89. The van der Waals surface area contributed by atoms with Crippen LogP contribution in [0.2, 0.25) is 0 Å². The van der Waals surface area contributed by atoms with Crippen LogP contribution in [0.3, 0.4) is 0 Å². The number of hydrogen-bond acceptors (Lipinski definition) is 1. The normalized spacial score (nSPS) is 11.5. The maximum absolute atomic E-state index is 9.17. The second-order valence-electron chi connectivity index (χ2n) is 1.92. The lowest BCUT2D eigenvalue weighted by Gasteiger charge is -1.95. The summed E-state index contributed by atoms with van der Waals surface area (Å²) in [7, 11) is 2.36. The zero-order valence-electron chi connectivity index (χ0n) is 5.49. The Balaban J connectivity index is 2.96. The molecule has 0 heterocycles. The predicted molar refractivity (Wildman–Crippen MR) is 46.8 cm³/mol. The molecule has 0 aliphatic carbocycles. The number of rotatable bonds is 1. The first kappa shape index (κ1) is 7.30. The number of aliphatic hydroxyl groups is 1. The van der Waals surface area contributed by atoms with Crippen molar-refractivity contribution in [3.8, 4) is 0 Å². The Morgan fingerprint density at radius 2 is 1.90 bits per heavy atom. The van der Waals surface area contributed by atoms with Gasteiger partial charge in [0.25, 0.3) is 0 Å². The molecule has 0 bridgehead atoms. The summed E-state index contributed by atoms with van der Waals surface area (Å²) in [6.45, 7) is 0. The summed E-state index contributed by atoms with van der Waals surface area (Å²) < 4.78 is 0. The van der Waals surface area contributed by atoms with Gasteiger partial charge in [0.15, 0.2) is 0 Å². The highest BCUT2D eigenvalue weighted by Gasteiger charge is 1.92. The summed E-state index contributed by atoms with van der Waals surface area (Å²) in [6.07, 6.45) is 0. The zero-order valence-corrected chi connectivity index (χ0v) is 6.64. The van der Waals surface area contributed by atoms with Crippen LogP contribution in [-0.4, -0.2) is 5.11 Å². The van der Waals surface area contributed by atoms with Crippen molar-refractivity contribution in [2.45, 2.75) is 0 Å². The van der Waals surface area contributed by atoms with Gasteiger partial charge in [-0.1, -0.05) is 30.3 Å². The van der Waals surface area contributed by atoms with Crippen LogP contribution in [0.4, 0.5) is 0 Å². The van der Waals surface area contributed by atoms with Gasteiger partial charge in [0, 0.05) is 5.56 Å². The third kappa shape index (κ3) is 1.58. The molecule has 1 atom stereocenters. The van der Waals surface area contributed by atoms with Crippen molar-refractivity contribution in [2.24, 2.45) is 0 Å². The Morgan fingerprint density at radius 3 is 2.40 bits per heavy atom. The fraction of sp³-hybridized carbons (Fsp3) is 0. The van der Waals surface area contributed by atoms with E-state index < -0.39 is 0 Å². The molecule has 0 fully saturated rings. The van der Waals surface area contributed by atoms with E-state index in [1.807, 2.05) is 30.3 Å². The smallest absolute Gasteiger partial charge is 0.122 e. The van der Waals surface area contributed by atoms with Crippen molar-refractivity contribution < 1.29 is 5.11 Å². The van der Waals surface area contributed by atoms with Crippen LogP contribution in [0.5, 0.6) is 0 Å². The van der Waals surface area contributed by atoms with E-state index in [-0.39, 0.29) is 0 Å². The molecule has 0 saturated carbocycles. The molecule has 1 unspecified atom stereocenters. The van der Waals surface area contributed by atoms with E-state index in [0.717, 1.165) is 5.56 Å². The molecule has 0 saturated heterocycles. The molecule has 0 spiro atoms.